The zero-order valence-corrected chi connectivity index (χ0v) is 27.3. The van der Waals surface area contributed by atoms with E-state index in [1.54, 1.807) is 0 Å². The Balaban J connectivity index is 1.23. The smallest absolute Gasteiger partial charge is 0.0549 e. The molecule has 2 nitrogen and oxygen atoms in total. The van der Waals surface area contributed by atoms with Crippen LogP contribution < -0.4 is 0 Å². The van der Waals surface area contributed by atoms with Gasteiger partial charge in [0, 0.05) is 58.4 Å². The second kappa shape index (κ2) is 10.2. The Morgan fingerprint density at radius 1 is 0.327 bits per heavy atom. The number of rotatable bonds is 3. The van der Waals surface area contributed by atoms with Crippen LogP contribution in [0.15, 0.2) is 170 Å². The predicted octanol–water partition coefficient (Wildman–Crippen LogP) is 13.1. The van der Waals surface area contributed by atoms with Crippen molar-refractivity contribution in [2.45, 2.75) is 0 Å². The Labute approximate surface area is 286 Å². The van der Waals surface area contributed by atoms with Gasteiger partial charge in [-0.05, 0) is 59.5 Å². The largest absolute Gasteiger partial charge is 0.309 e. The van der Waals surface area contributed by atoms with Crippen molar-refractivity contribution >= 4 is 85.9 Å². The minimum atomic E-state index is 1.17. The van der Waals surface area contributed by atoms with E-state index in [1.807, 2.05) is 11.3 Å². The van der Waals surface area contributed by atoms with Gasteiger partial charge < -0.3 is 9.13 Å². The molecule has 0 radical (unpaired) electrons. The van der Waals surface area contributed by atoms with E-state index in [0.717, 1.165) is 0 Å². The first kappa shape index (κ1) is 26.9. The molecule has 0 saturated heterocycles. The summed E-state index contributed by atoms with van der Waals surface area (Å²) in [6, 6.07) is 62.3. The van der Waals surface area contributed by atoms with E-state index < -0.39 is 0 Å². The Kier molecular flexibility index (Phi) is 5.57. The van der Waals surface area contributed by atoms with Crippen LogP contribution in [-0.2, 0) is 0 Å². The van der Waals surface area contributed by atoms with Crippen molar-refractivity contribution in [1.82, 2.24) is 9.13 Å². The number of para-hydroxylation sites is 3. The third-order valence-electron chi connectivity index (χ3n) is 10.3. The molecular weight excluding hydrogens is 613 g/mol. The van der Waals surface area contributed by atoms with E-state index in [1.165, 1.54) is 97.1 Å². The molecule has 8 aromatic carbocycles. The summed E-state index contributed by atoms with van der Waals surface area (Å²) in [6.45, 7) is 0. The van der Waals surface area contributed by atoms with Crippen LogP contribution in [0, 0.1) is 0 Å². The molecule has 0 unspecified atom stereocenters. The second-order valence-electron chi connectivity index (χ2n) is 12.9. The Hall–Kier alpha value is -6.16. The van der Waals surface area contributed by atoms with Crippen LogP contribution in [0.25, 0.3) is 97.1 Å². The molecule has 3 heteroatoms. The third kappa shape index (κ3) is 3.71. The Morgan fingerprint density at radius 3 is 1.65 bits per heavy atom. The summed E-state index contributed by atoms with van der Waals surface area (Å²) in [6.07, 6.45) is 0. The molecule has 0 atom stereocenters. The fourth-order valence-electron chi connectivity index (χ4n) is 8.31. The van der Waals surface area contributed by atoms with Gasteiger partial charge in [-0.3, -0.25) is 0 Å². The highest BCUT2D eigenvalue weighted by Gasteiger charge is 2.22. The molecule has 0 amide bonds. The molecule has 0 N–H and O–H groups in total. The summed E-state index contributed by atoms with van der Waals surface area (Å²) in [5.41, 5.74) is 9.80. The molecule has 0 spiro atoms. The number of nitrogens with zero attached hydrogens (tertiary/aromatic N) is 2. The first-order valence-electron chi connectivity index (χ1n) is 16.8. The standard InChI is InChI=1S/C46H28N2S/c1-2-13-29(14-3-1)47-38-22-9-6-18-36(38)44-41(47)27-28-42-45(44)37-19-7-10-23-39(37)48(42)40-26-25-31(30-15-4-5-16-32(30)40)34-20-12-21-35-33-17-8-11-24-43(33)49-46(34)35/h1-28H. The summed E-state index contributed by atoms with van der Waals surface area (Å²) in [7, 11) is 0. The minimum absolute atomic E-state index is 1.17. The van der Waals surface area contributed by atoms with Crippen LogP contribution in [0.5, 0.6) is 0 Å². The molecule has 0 aliphatic rings. The average Bonchev–Trinajstić information content (AvgIpc) is 3.82. The minimum Gasteiger partial charge on any atom is -0.309 e. The monoisotopic (exact) mass is 640 g/mol. The SMILES string of the molecule is c1ccc(-n2c3ccccc3c3c4c5ccccc5n(-c5ccc(-c6cccc7c6sc6ccccc67)c6ccccc56)c4ccc32)cc1. The van der Waals surface area contributed by atoms with Crippen molar-refractivity contribution in [1.29, 1.82) is 0 Å². The van der Waals surface area contributed by atoms with E-state index in [9.17, 15) is 0 Å². The van der Waals surface area contributed by atoms with E-state index in [4.69, 9.17) is 0 Å². The summed E-state index contributed by atoms with van der Waals surface area (Å²) in [5.74, 6) is 0. The van der Waals surface area contributed by atoms with Gasteiger partial charge in [0.2, 0.25) is 0 Å². The van der Waals surface area contributed by atoms with Crippen LogP contribution >= 0.6 is 11.3 Å². The lowest BCUT2D eigenvalue weighted by molar-refractivity contribution is 1.18. The number of hydrogen-bond donors (Lipinski definition) is 0. The first-order valence-corrected chi connectivity index (χ1v) is 17.6. The van der Waals surface area contributed by atoms with E-state index >= 15 is 0 Å². The van der Waals surface area contributed by atoms with Gasteiger partial charge in [0.25, 0.3) is 0 Å². The number of benzene rings is 8. The lowest BCUT2D eigenvalue weighted by Crippen LogP contribution is -1.97. The second-order valence-corrected chi connectivity index (χ2v) is 13.9. The van der Waals surface area contributed by atoms with Crippen molar-refractivity contribution < 1.29 is 0 Å². The van der Waals surface area contributed by atoms with Crippen molar-refractivity contribution in [3.8, 4) is 22.5 Å². The lowest BCUT2D eigenvalue weighted by atomic mass is 9.95. The van der Waals surface area contributed by atoms with Gasteiger partial charge >= 0.3 is 0 Å². The van der Waals surface area contributed by atoms with Crippen LogP contribution in [0.3, 0.4) is 0 Å². The molecule has 0 bridgehead atoms. The van der Waals surface area contributed by atoms with Gasteiger partial charge in [-0.25, -0.2) is 0 Å². The maximum Gasteiger partial charge on any atom is 0.0549 e. The lowest BCUT2D eigenvalue weighted by Gasteiger charge is -2.15. The summed E-state index contributed by atoms with van der Waals surface area (Å²) in [5, 5.41) is 10.3. The van der Waals surface area contributed by atoms with Crippen LogP contribution in [-0.4, -0.2) is 9.13 Å². The average molecular weight is 641 g/mol. The van der Waals surface area contributed by atoms with Gasteiger partial charge in [-0.1, -0.05) is 121 Å². The van der Waals surface area contributed by atoms with Crippen molar-refractivity contribution in [2.24, 2.45) is 0 Å². The molecule has 0 aliphatic carbocycles. The molecule has 49 heavy (non-hydrogen) atoms. The van der Waals surface area contributed by atoms with Crippen molar-refractivity contribution in [3.05, 3.63) is 170 Å². The molecule has 3 heterocycles. The zero-order chi connectivity index (χ0) is 32.1. The summed E-state index contributed by atoms with van der Waals surface area (Å²) < 4.78 is 7.58. The normalized spacial score (nSPS) is 12.1. The van der Waals surface area contributed by atoms with E-state index in [-0.39, 0.29) is 0 Å². The molecule has 0 saturated carbocycles. The molecule has 11 rings (SSSR count). The van der Waals surface area contributed by atoms with Crippen molar-refractivity contribution in [3.63, 3.8) is 0 Å². The number of thiophene rings is 1. The molecule has 228 valence electrons. The molecule has 0 fully saturated rings. The number of aromatic nitrogens is 2. The quantitative estimate of drug-likeness (QED) is 0.182. The highest BCUT2D eigenvalue weighted by Crippen LogP contribution is 2.45. The highest BCUT2D eigenvalue weighted by molar-refractivity contribution is 7.26. The van der Waals surface area contributed by atoms with Crippen LogP contribution in [0.1, 0.15) is 0 Å². The maximum atomic E-state index is 2.49. The predicted molar refractivity (Wildman–Crippen MR) is 211 cm³/mol. The van der Waals surface area contributed by atoms with Crippen LogP contribution in [0.4, 0.5) is 0 Å². The molecule has 3 aromatic heterocycles. The summed E-state index contributed by atoms with van der Waals surface area (Å²) in [4.78, 5) is 0. The number of hydrogen-bond acceptors (Lipinski definition) is 1. The van der Waals surface area contributed by atoms with Gasteiger partial charge in [-0.2, -0.15) is 0 Å². The van der Waals surface area contributed by atoms with Crippen LogP contribution in [0.2, 0.25) is 0 Å². The van der Waals surface area contributed by atoms with Gasteiger partial charge in [0.05, 0.1) is 27.8 Å². The topological polar surface area (TPSA) is 9.86 Å². The molecule has 0 aliphatic heterocycles. The third-order valence-corrected chi connectivity index (χ3v) is 11.5. The van der Waals surface area contributed by atoms with E-state index in [0.29, 0.717) is 0 Å². The van der Waals surface area contributed by atoms with Gasteiger partial charge in [0.15, 0.2) is 0 Å². The Bertz CT molecular complexity index is 3100. The first-order chi connectivity index (χ1) is 24.3. The van der Waals surface area contributed by atoms with E-state index in [2.05, 4.69) is 179 Å². The fraction of sp³-hybridized carbons (Fsp3) is 0. The van der Waals surface area contributed by atoms with Crippen molar-refractivity contribution in [2.75, 3.05) is 0 Å². The van der Waals surface area contributed by atoms with Gasteiger partial charge in [-0.15, -0.1) is 11.3 Å². The summed E-state index contributed by atoms with van der Waals surface area (Å²) >= 11 is 1.89. The molecule has 11 aromatic rings. The fourth-order valence-corrected chi connectivity index (χ4v) is 9.54. The molecular formula is C46H28N2S. The maximum absolute atomic E-state index is 2.49. The highest BCUT2D eigenvalue weighted by atomic mass is 32.1. The number of fused-ring (bicyclic) bond motifs is 11. The Morgan fingerprint density at radius 2 is 0.898 bits per heavy atom. The van der Waals surface area contributed by atoms with Gasteiger partial charge in [0.1, 0.15) is 0 Å². The zero-order valence-electron chi connectivity index (χ0n) is 26.5.